The molecule has 6 rings (SSSR count). The zero-order chi connectivity index (χ0) is 21.5. The molecule has 3 aromatic carbocycles. The minimum absolute atomic E-state index is 0.0723. The number of rotatable bonds is 6. The number of para-hydroxylation sites is 4. The highest BCUT2D eigenvalue weighted by atomic mass is 15.7. The van der Waals surface area contributed by atoms with Gasteiger partial charge in [0, 0.05) is 0 Å². The van der Waals surface area contributed by atoms with E-state index in [-0.39, 0.29) is 12.6 Å². The Hall–Kier alpha value is -4.20. The van der Waals surface area contributed by atoms with Crippen LogP contribution < -0.4 is 31.3 Å². The number of nitrogens with one attached hydrogen (secondary N) is 4. The lowest BCUT2D eigenvalue weighted by Gasteiger charge is -2.49. The minimum atomic E-state index is -0.132. The fourth-order valence-corrected chi connectivity index (χ4v) is 4.53. The van der Waals surface area contributed by atoms with Gasteiger partial charge < -0.3 is 20.4 Å². The van der Waals surface area contributed by atoms with E-state index in [9.17, 15) is 0 Å². The molecule has 0 aliphatic carbocycles. The first-order valence-corrected chi connectivity index (χ1v) is 10.7. The van der Waals surface area contributed by atoms with Crippen molar-refractivity contribution >= 4 is 35.2 Å². The van der Waals surface area contributed by atoms with Gasteiger partial charge in [0.25, 0.3) is 0 Å². The first-order chi connectivity index (χ1) is 15.8. The van der Waals surface area contributed by atoms with Crippen LogP contribution in [0.3, 0.4) is 0 Å². The summed E-state index contributed by atoms with van der Waals surface area (Å²) >= 11 is 0. The van der Waals surface area contributed by atoms with Crippen molar-refractivity contribution in [3.8, 4) is 0 Å². The van der Waals surface area contributed by atoms with Gasteiger partial charge in [-0.2, -0.15) is 10.2 Å². The number of benzene rings is 3. The number of nitrogens with zero attached hydrogens (tertiary/aromatic N) is 4. The Bertz CT molecular complexity index is 1150. The summed E-state index contributed by atoms with van der Waals surface area (Å²) in [6.07, 6.45) is 3.95. The maximum absolute atomic E-state index is 4.49. The van der Waals surface area contributed by atoms with Gasteiger partial charge in [0.15, 0.2) is 12.6 Å². The van der Waals surface area contributed by atoms with E-state index >= 15 is 0 Å². The van der Waals surface area contributed by atoms with E-state index in [1.165, 1.54) is 11.4 Å². The molecule has 1 saturated heterocycles. The van der Waals surface area contributed by atoms with Crippen molar-refractivity contribution in [3.05, 3.63) is 83.9 Å². The predicted molar refractivity (Wildman–Crippen MR) is 130 cm³/mol. The van der Waals surface area contributed by atoms with Crippen LogP contribution in [0.4, 0.5) is 22.7 Å². The Labute approximate surface area is 186 Å². The minimum Gasteiger partial charge on any atom is -0.346 e. The maximum Gasteiger partial charge on any atom is 0.197 e. The zero-order valence-corrected chi connectivity index (χ0v) is 17.6. The molecule has 0 unspecified atom stereocenters. The lowest BCUT2D eigenvalue weighted by Crippen LogP contribution is -2.70. The van der Waals surface area contributed by atoms with Crippen molar-refractivity contribution < 1.29 is 0 Å². The average molecular weight is 425 g/mol. The van der Waals surface area contributed by atoms with E-state index in [4.69, 9.17) is 0 Å². The molecule has 3 aliphatic rings. The van der Waals surface area contributed by atoms with Gasteiger partial charge in [-0.25, -0.2) is 0 Å². The summed E-state index contributed by atoms with van der Waals surface area (Å²) in [7, 11) is 0. The molecule has 3 aliphatic heterocycles. The van der Waals surface area contributed by atoms with Crippen molar-refractivity contribution in [2.24, 2.45) is 10.2 Å². The second-order valence-electron chi connectivity index (χ2n) is 8.02. The number of hydrazone groups is 2. The van der Waals surface area contributed by atoms with Gasteiger partial charge in [0.05, 0.1) is 35.2 Å². The molecule has 0 amide bonds. The molecule has 0 radical (unpaired) electrons. The Morgan fingerprint density at radius 1 is 0.750 bits per heavy atom. The number of anilines is 4. The second kappa shape index (κ2) is 7.49. The summed E-state index contributed by atoms with van der Waals surface area (Å²) in [6, 6.07) is 24.6. The van der Waals surface area contributed by atoms with Gasteiger partial charge >= 0.3 is 0 Å². The van der Waals surface area contributed by atoms with E-state index in [1.54, 1.807) is 6.21 Å². The third-order valence-corrected chi connectivity index (χ3v) is 6.03. The molecule has 0 spiro atoms. The summed E-state index contributed by atoms with van der Waals surface area (Å²) < 4.78 is 0. The topological polar surface area (TPSA) is 79.3 Å². The van der Waals surface area contributed by atoms with Gasteiger partial charge in [0.2, 0.25) is 0 Å². The third-order valence-electron chi connectivity index (χ3n) is 6.03. The van der Waals surface area contributed by atoms with Crippen molar-refractivity contribution in [1.82, 2.24) is 10.9 Å². The second-order valence-corrected chi connectivity index (χ2v) is 8.02. The highest BCUT2D eigenvalue weighted by Gasteiger charge is 2.51. The standard InChI is InChI=1S/C24H24N8/c1-16-31-21-11-4-5-12-22(21)32(16)24(31)30-26-15-18-8-6-7-17(13-18)14-25-29-23-27-19-9-2-3-10-20(19)28-23/h2-16,23-24,27-30H,1H3/b25-14+,26-15+. The summed E-state index contributed by atoms with van der Waals surface area (Å²) in [6.45, 7) is 2.20. The summed E-state index contributed by atoms with van der Waals surface area (Å²) in [5.74, 6) is 0. The third kappa shape index (κ3) is 3.08. The smallest absolute Gasteiger partial charge is 0.197 e. The Kier molecular flexibility index (Phi) is 4.34. The predicted octanol–water partition coefficient (Wildman–Crippen LogP) is 3.32. The Morgan fingerprint density at radius 3 is 1.94 bits per heavy atom. The number of hydrogen-bond donors (Lipinski definition) is 4. The molecule has 8 nitrogen and oxygen atoms in total. The van der Waals surface area contributed by atoms with Crippen molar-refractivity contribution in [2.45, 2.75) is 25.7 Å². The highest BCUT2D eigenvalue weighted by molar-refractivity contribution is 5.87. The van der Waals surface area contributed by atoms with Gasteiger partial charge in [-0.15, -0.1) is 0 Å². The summed E-state index contributed by atoms with van der Waals surface area (Å²) in [5, 5.41) is 15.5. The van der Waals surface area contributed by atoms with Gasteiger partial charge in [-0.3, -0.25) is 10.9 Å². The fourth-order valence-electron chi connectivity index (χ4n) is 4.53. The first-order valence-electron chi connectivity index (χ1n) is 10.7. The van der Waals surface area contributed by atoms with Crippen LogP contribution in [0.2, 0.25) is 0 Å². The van der Waals surface area contributed by atoms with E-state index in [2.05, 4.69) is 72.7 Å². The van der Waals surface area contributed by atoms with E-state index in [1.807, 2.05) is 54.7 Å². The van der Waals surface area contributed by atoms with Gasteiger partial charge in [0.1, 0.15) is 6.17 Å². The van der Waals surface area contributed by atoms with Gasteiger partial charge in [-0.1, -0.05) is 42.5 Å². The van der Waals surface area contributed by atoms with Crippen LogP contribution in [0.25, 0.3) is 0 Å². The van der Waals surface area contributed by atoms with Crippen LogP contribution in [0.15, 0.2) is 83.0 Å². The molecule has 1 fully saturated rings. The van der Waals surface area contributed by atoms with Crippen molar-refractivity contribution in [3.63, 3.8) is 0 Å². The molecule has 0 atom stereocenters. The van der Waals surface area contributed by atoms with Crippen LogP contribution in [0.5, 0.6) is 0 Å². The molecule has 0 saturated carbocycles. The molecular formula is C24H24N8. The molecule has 3 aromatic rings. The normalized spacial score (nSPS) is 20.7. The Balaban J connectivity index is 1.05. The highest BCUT2D eigenvalue weighted by Crippen LogP contribution is 2.49. The first kappa shape index (κ1) is 18.6. The lowest BCUT2D eigenvalue weighted by molar-refractivity contribution is 0.337. The molecular weight excluding hydrogens is 400 g/mol. The number of hydrogen-bond acceptors (Lipinski definition) is 8. The van der Waals surface area contributed by atoms with E-state index in [0.29, 0.717) is 6.17 Å². The van der Waals surface area contributed by atoms with E-state index < -0.39 is 0 Å². The zero-order valence-electron chi connectivity index (χ0n) is 17.6. The SMILES string of the molecule is CC1N2c3ccccc3N1C2N/N=C/c1cccc(/C=N/NC2Nc3ccccc3N2)c1. The molecule has 8 heteroatoms. The summed E-state index contributed by atoms with van der Waals surface area (Å²) in [4.78, 5) is 4.68. The molecule has 0 aromatic heterocycles. The molecule has 4 N–H and O–H groups in total. The van der Waals surface area contributed by atoms with Crippen LogP contribution >= 0.6 is 0 Å². The van der Waals surface area contributed by atoms with Crippen LogP contribution in [-0.2, 0) is 0 Å². The van der Waals surface area contributed by atoms with Crippen molar-refractivity contribution in [2.75, 3.05) is 20.4 Å². The monoisotopic (exact) mass is 424 g/mol. The maximum atomic E-state index is 4.49. The molecule has 2 bridgehead atoms. The van der Waals surface area contributed by atoms with Crippen LogP contribution in [0.1, 0.15) is 18.1 Å². The van der Waals surface area contributed by atoms with E-state index in [0.717, 1.165) is 22.5 Å². The fraction of sp³-hybridized carbons (Fsp3) is 0.167. The average Bonchev–Trinajstić information content (AvgIpc) is 3.47. The quantitative estimate of drug-likeness (QED) is 0.359. The molecule has 32 heavy (non-hydrogen) atoms. The molecule has 160 valence electrons. The van der Waals surface area contributed by atoms with Gasteiger partial charge in [-0.05, 0) is 48.4 Å². The molecule has 3 heterocycles. The van der Waals surface area contributed by atoms with Crippen LogP contribution in [-0.4, -0.2) is 31.2 Å². The largest absolute Gasteiger partial charge is 0.346 e. The number of fused-ring (bicyclic) bond motifs is 6. The Morgan fingerprint density at radius 2 is 1.31 bits per heavy atom. The van der Waals surface area contributed by atoms with Crippen molar-refractivity contribution in [1.29, 1.82) is 0 Å². The lowest BCUT2D eigenvalue weighted by atomic mass is 10.1. The van der Waals surface area contributed by atoms with Crippen LogP contribution in [0, 0.1) is 0 Å². The summed E-state index contributed by atoms with van der Waals surface area (Å²) in [5.41, 5.74) is 13.0.